The molecule has 0 bridgehead atoms. The fourth-order valence-electron chi connectivity index (χ4n) is 1.58. The molecule has 23 heavy (non-hydrogen) atoms. The Morgan fingerprint density at radius 3 is 2.57 bits per heavy atom. The fourth-order valence-corrected chi connectivity index (χ4v) is 2.22. The molecule has 1 N–H and O–H groups in total. The Bertz CT molecular complexity index is 668. The van der Waals surface area contributed by atoms with E-state index >= 15 is 0 Å². The Morgan fingerprint density at radius 1 is 1.26 bits per heavy atom. The molecule has 2 rings (SSSR count). The summed E-state index contributed by atoms with van der Waals surface area (Å²) in [5.74, 6) is -0.241. The quantitative estimate of drug-likeness (QED) is 0.364. The highest BCUT2D eigenvalue weighted by Gasteiger charge is 2.36. The normalized spacial score (nSPS) is 12.5. The summed E-state index contributed by atoms with van der Waals surface area (Å²) in [7, 11) is 0. The number of halogens is 3. The molecule has 0 radical (unpaired) electrons. The molecule has 0 saturated heterocycles. The lowest BCUT2D eigenvalue weighted by atomic mass is 10.2. The average Bonchev–Trinajstić information content (AvgIpc) is 2.54. The van der Waals surface area contributed by atoms with Crippen molar-refractivity contribution in [1.82, 2.24) is 15.3 Å². The molecule has 1 heterocycles. The van der Waals surface area contributed by atoms with Crippen LogP contribution in [-0.2, 0) is 0 Å². The van der Waals surface area contributed by atoms with Gasteiger partial charge in [0.2, 0.25) is 15.9 Å². The lowest BCUT2D eigenvalue weighted by Gasteiger charge is -2.25. The van der Waals surface area contributed by atoms with E-state index in [4.69, 9.17) is 39.5 Å². The Kier molecular flexibility index (Phi) is 6.35. The van der Waals surface area contributed by atoms with Gasteiger partial charge in [0, 0.05) is 17.8 Å². The van der Waals surface area contributed by atoms with Crippen LogP contribution < -0.4 is 10.1 Å². The zero-order valence-electron chi connectivity index (χ0n) is 11.9. The zero-order chi connectivity index (χ0) is 16.9. The number of thioether (sulfide) groups is 1. The molecular weight excluding hydrogens is 381 g/mol. The molecule has 0 aliphatic carbocycles. The van der Waals surface area contributed by atoms with Crippen LogP contribution in [0.2, 0.25) is 0 Å². The van der Waals surface area contributed by atoms with Crippen LogP contribution in [0.1, 0.15) is 10.4 Å². The average molecular weight is 393 g/mol. The first-order chi connectivity index (χ1) is 10.9. The second-order valence-corrected chi connectivity index (χ2v) is 7.40. The topological polar surface area (TPSA) is 64.1 Å². The number of carbonyl (C=O) groups is 1. The summed E-state index contributed by atoms with van der Waals surface area (Å²) in [6.07, 6.45) is 2.12. The SMILES string of the molecule is CSc1nccc(O[C@@H](NC(=O)c2ccccc2)C(Cl)(Cl)Cl)n1. The van der Waals surface area contributed by atoms with Gasteiger partial charge in [-0.2, -0.15) is 4.98 Å². The minimum atomic E-state index is -1.88. The molecule has 1 atom stereocenters. The van der Waals surface area contributed by atoms with Crippen molar-refractivity contribution in [2.75, 3.05) is 6.26 Å². The second kappa shape index (κ2) is 8.06. The fraction of sp³-hybridized carbons (Fsp3) is 0.214. The summed E-state index contributed by atoms with van der Waals surface area (Å²) < 4.78 is 3.64. The van der Waals surface area contributed by atoms with Gasteiger partial charge in [0.25, 0.3) is 5.91 Å². The van der Waals surface area contributed by atoms with E-state index in [0.717, 1.165) is 0 Å². The maximum Gasteiger partial charge on any atom is 0.254 e. The number of carbonyl (C=O) groups excluding carboxylic acids is 1. The number of amides is 1. The molecule has 1 amide bonds. The van der Waals surface area contributed by atoms with Crippen LogP contribution in [0.15, 0.2) is 47.8 Å². The lowest BCUT2D eigenvalue weighted by Crippen LogP contribution is -2.48. The van der Waals surface area contributed by atoms with Crippen molar-refractivity contribution >= 4 is 52.5 Å². The minimum Gasteiger partial charge on any atom is -0.449 e. The number of hydrogen-bond donors (Lipinski definition) is 1. The highest BCUT2D eigenvalue weighted by molar-refractivity contribution is 7.98. The van der Waals surface area contributed by atoms with Crippen LogP contribution >= 0.6 is 46.6 Å². The first-order valence-corrected chi connectivity index (χ1v) is 8.72. The van der Waals surface area contributed by atoms with Crippen LogP contribution in [0.4, 0.5) is 0 Å². The molecule has 5 nitrogen and oxygen atoms in total. The minimum absolute atomic E-state index is 0.189. The number of benzene rings is 1. The van der Waals surface area contributed by atoms with E-state index in [2.05, 4.69) is 15.3 Å². The Labute approximate surface area is 152 Å². The number of hydrogen-bond acceptors (Lipinski definition) is 5. The molecule has 122 valence electrons. The summed E-state index contributed by atoms with van der Waals surface area (Å²) in [6, 6.07) is 10.1. The summed E-state index contributed by atoms with van der Waals surface area (Å²) >= 11 is 19.0. The van der Waals surface area contributed by atoms with E-state index in [-0.39, 0.29) is 5.88 Å². The smallest absolute Gasteiger partial charge is 0.254 e. The molecule has 0 aliphatic heterocycles. The maximum absolute atomic E-state index is 12.2. The van der Waals surface area contributed by atoms with Gasteiger partial charge in [-0.15, -0.1) is 0 Å². The predicted octanol–water partition coefficient (Wildman–Crippen LogP) is 3.70. The Balaban J connectivity index is 2.16. The van der Waals surface area contributed by atoms with Crippen molar-refractivity contribution in [3.63, 3.8) is 0 Å². The summed E-state index contributed by atoms with van der Waals surface area (Å²) in [5.41, 5.74) is 0.419. The molecule has 9 heteroatoms. The van der Waals surface area contributed by atoms with E-state index in [1.165, 1.54) is 24.0 Å². The van der Waals surface area contributed by atoms with Gasteiger partial charge in [-0.05, 0) is 18.4 Å². The molecule has 0 unspecified atom stereocenters. The van der Waals surface area contributed by atoms with Gasteiger partial charge < -0.3 is 10.1 Å². The van der Waals surface area contributed by atoms with Crippen molar-refractivity contribution < 1.29 is 9.53 Å². The lowest BCUT2D eigenvalue weighted by molar-refractivity contribution is 0.0824. The number of nitrogens with zero attached hydrogens (tertiary/aromatic N) is 2. The van der Waals surface area contributed by atoms with Crippen LogP contribution in [0.25, 0.3) is 0 Å². The number of rotatable bonds is 5. The standard InChI is InChI=1S/C14H12Cl3N3O2S/c1-23-13-18-8-7-10(19-13)22-12(14(15,16)17)20-11(21)9-5-3-2-4-6-9/h2-8,12H,1H3,(H,20,21)/t12-/m1/s1. The first kappa shape index (κ1) is 18.1. The monoisotopic (exact) mass is 391 g/mol. The molecule has 0 aliphatic rings. The van der Waals surface area contributed by atoms with Crippen molar-refractivity contribution in [1.29, 1.82) is 0 Å². The van der Waals surface area contributed by atoms with Gasteiger partial charge in [-0.3, -0.25) is 4.79 Å². The van der Waals surface area contributed by atoms with Crippen molar-refractivity contribution in [3.05, 3.63) is 48.2 Å². The summed E-state index contributed by atoms with van der Waals surface area (Å²) in [4.78, 5) is 20.4. The van der Waals surface area contributed by atoms with Gasteiger partial charge in [0.1, 0.15) is 0 Å². The first-order valence-electron chi connectivity index (χ1n) is 6.36. The van der Waals surface area contributed by atoms with Crippen molar-refractivity contribution in [3.8, 4) is 5.88 Å². The molecule has 1 aromatic heterocycles. The largest absolute Gasteiger partial charge is 0.449 e. The third-order valence-electron chi connectivity index (χ3n) is 2.62. The number of nitrogens with one attached hydrogen (secondary N) is 1. The molecule has 2 aromatic rings. The number of ether oxygens (including phenoxy) is 1. The molecule has 0 saturated carbocycles. The van der Waals surface area contributed by atoms with Gasteiger partial charge >= 0.3 is 0 Å². The van der Waals surface area contributed by atoms with Gasteiger partial charge in [-0.25, -0.2) is 4.98 Å². The zero-order valence-corrected chi connectivity index (χ0v) is 15.0. The summed E-state index contributed by atoms with van der Waals surface area (Å²) in [6.45, 7) is 0. The van der Waals surface area contributed by atoms with Crippen LogP contribution in [0.5, 0.6) is 5.88 Å². The van der Waals surface area contributed by atoms with E-state index < -0.39 is 15.9 Å². The van der Waals surface area contributed by atoms with E-state index in [1.807, 2.05) is 6.26 Å². The highest BCUT2D eigenvalue weighted by atomic mass is 35.6. The molecule has 0 spiro atoms. The van der Waals surface area contributed by atoms with E-state index in [9.17, 15) is 4.79 Å². The summed E-state index contributed by atoms with van der Waals surface area (Å²) in [5, 5.41) is 3.03. The van der Waals surface area contributed by atoms with Crippen LogP contribution in [0.3, 0.4) is 0 Å². The second-order valence-electron chi connectivity index (χ2n) is 4.26. The van der Waals surface area contributed by atoms with E-state index in [1.54, 1.807) is 30.3 Å². The molecule has 0 fully saturated rings. The number of alkyl halides is 3. The predicted molar refractivity (Wildman–Crippen MR) is 92.4 cm³/mol. The van der Waals surface area contributed by atoms with Crippen molar-refractivity contribution in [2.24, 2.45) is 0 Å². The van der Waals surface area contributed by atoms with Crippen molar-refractivity contribution in [2.45, 2.75) is 15.2 Å². The maximum atomic E-state index is 12.2. The third kappa shape index (κ3) is 5.42. The Morgan fingerprint density at radius 2 is 1.96 bits per heavy atom. The van der Waals surface area contributed by atoms with Gasteiger partial charge in [0.15, 0.2) is 5.16 Å². The van der Waals surface area contributed by atoms with Gasteiger partial charge in [-0.1, -0.05) is 64.8 Å². The Hall–Kier alpha value is -1.21. The van der Waals surface area contributed by atoms with Crippen LogP contribution in [0, 0.1) is 0 Å². The van der Waals surface area contributed by atoms with E-state index in [0.29, 0.717) is 10.7 Å². The van der Waals surface area contributed by atoms with Gasteiger partial charge in [0.05, 0.1) is 0 Å². The van der Waals surface area contributed by atoms with Crippen LogP contribution in [-0.4, -0.2) is 32.2 Å². The number of aromatic nitrogens is 2. The highest BCUT2D eigenvalue weighted by Crippen LogP contribution is 2.31. The molecular formula is C14H12Cl3N3O2S. The third-order valence-corrected chi connectivity index (χ3v) is 3.78. The molecule has 1 aromatic carbocycles.